The number of alkyl carbamates (subject to hydrolysis) is 1. The Labute approximate surface area is 149 Å². The highest BCUT2D eigenvalue weighted by molar-refractivity contribution is 9.10. The number of amides is 1. The zero-order valence-electron chi connectivity index (χ0n) is 13.1. The molecule has 3 N–H and O–H groups in total. The van der Waals surface area contributed by atoms with Crippen molar-refractivity contribution in [3.05, 3.63) is 70.2 Å². The molecular weight excluding hydrogens is 374 g/mol. The molecule has 24 heavy (non-hydrogen) atoms. The molecule has 0 saturated carbocycles. The van der Waals surface area contributed by atoms with Crippen LogP contribution in [-0.2, 0) is 11.3 Å². The van der Waals surface area contributed by atoms with E-state index in [1.807, 2.05) is 36.4 Å². The first kappa shape index (κ1) is 18.4. The summed E-state index contributed by atoms with van der Waals surface area (Å²) >= 11 is 3.32. The molecule has 5 nitrogen and oxygen atoms in total. The fourth-order valence-corrected chi connectivity index (χ4v) is 2.58. The largest absolute Gasteiger partial charge is 0.445 e. The maximum absolute atomic E-state index is 11.6. The van der Waals surface area contributed by atoms with Crippen LogP contribution in [0, 0.1) is 0 Å². The van der Waals surface area contributed by atoms with Crippen LogP contribution in [0.3, 0.4) is 0 Å². The fraction of sp³-hybridized carbons (Fsp3) is 0.278. The molecule has 2 aromatic carbocycles. The number of ether oxygens (including phenoxy) is 1. The minimum Gasteiger partial charge on any atom is -0.445 e. The van der Waals surface area contributed by atoms with Crippen LogP contribution >= 0.6 is 15.9 Å². The highest BCUT2D eigenvalue weighted by Crippen LogP contribution is 2.22. The molecule has 0 saturated heterocycles. The molecule has 0 radical (unpaired) electrons. The van der Waals surface area contributed by atoms with Crippen LogP contribution in [0.4, 0.5) is 4.79 Å². The molecule has 0 fully saturated rings. The van der Waals surface area contributed by atoms with Gasteiger partial charge in [0.2, 0.25) is 0 Å². The monoisotopic (exact) mass is 393 g/mol. The van der Waals surface area contributed by atoms with Gasteiger partial charge in [-0.05, 0) is 29.7 Å². The van der Waals surface area contributed by atoms with E-state index in [0.29, 0.717) is 5.56 Å². The van der Waals surface area contributed by atoms with Gasteiger partial charge in [0.15, 0.2) is 0 Å². The Morgan fingerprint density at radius 2 is 1.88 bits per heavy atom. The minimum atomic E-state index is -1.01. The third-order valence-electron chi connectivity index (χ3n) is 3.48. The standard InChI is InChI=1S/C18H20BrNO4/c19-15-8-4-7-14(11-15)17(22)16(21)9-10-20-18(23)24-12-13-5-2-1-3-6-13/h1-8,11,16-17,21-22H,9-10,12H2,(H,20,23). The Bertz CT molecular complexity index is 650. The van der Waals surface area contributed by atoms with Crippen molar-refractivity contribution in [2.24, 2.45) is 0 Å². The highest BCUT2D eigenvalue weighted by Gasteiger charge is 2.18. The summed E-state index contributed by atoms with van der Waals surface area (Å²) in [5, 5.41) is 22.7. The molecular formula is C18H20BrNO4. The van der Waals surface area contributed by atoms with Crippen LogP contribution in [0.1, 0.15) is 23.7 Å². The van der Waals surface area contributed by atoms with Crippen molar-refractivity contribution in [2.75, 3.05) is 6.54 Å². The number of hydrogen-bond donors (Lipinski definition) is 3. The van der Waals surface area contributed by atoms with E-state index in [1.54, 1.807) is 18.2 Å². The van der Waals surface area contributed by atoms with Gasteiger partial charge >= 0.3 is 6.09 Å². The number of benzene rings is 2. The van der Waals surface area contributed by atoms with Crippen LogP contribution < -0.4 is 5.32 Å². The maximum Gasteiger partial charge on any atom is 0.407 e. The summed E-state index contributed by atoms with van der Waals surface area (Å²) in [6.45, 7) is 0.399. The summed E-state index contributed by atoms with van der Waals surface area (Å²) in [4.78, 5) is 11.6. The lowest BCUT2D eigenvalue weighted by molar-refractivity contribution is 0.0136. The summed E-state index contributed by atoms with van der Waals surface area (Å²) in [6, 6.07) is 16.5. The summed E-state index contributed by atoms with van der Waals surface area (Å²) < 4.78 is 5.90. The van der Waals surface area contributed by atoms with E-state index in [1.165, 1.54) is 0 Å². The lowest BCUT2D eigenvalue weighted by Crippen LogP contribution is -2.29. The van der Waals surface area contributed by atoms with E-state index in [-0.39, 0.29) is 19.6 Å². The Morgan fingerprint density at radius 3 is 2.58 bits per heavy atom. The first-order chi connectivity index (χ1) is 11.6. The van der Waals surface area contributed by atoms with Crippen LogP contribution in [0.25, 0.3) is 0 Å². The predicted octanol–water partition coefficient (Wildman–Crippen LogP) is 3.16. The lowest BCUT2D eigenvalue weighted by Gasteiger charge is -2.18. The van der Waals surface area contributed by atoms with E-state index in [0.717, 1.165) is 10.0 Å². The quantitative estimate of drug-likeness (QED) is 0.674. The minimum absolute atomic E-state index is 0.190. The van der Waals surface area contributed by atoms with Gasteiger partial charge in [-0.3, -0.25) is 0 Å². The number of carbonyl (C=O) groups is 1. The predicted molar refractivity (Wildman–Crippen MR) is 94.4 cm³/mol. The smallest absolute Gasteiger partial charge is 0.407 e. The molecule has 128 valence electrons. The fourth-order valence-electron chi connectivity index (χ4n) is 2.17. The average molecular weight is 394 g/mol. The first-order valence-corrected chi connectivity index (χ1v) is 8.41. The van der Waals surface area contributed by atoms with Crippen molar-refractivity contribution in [3.63, 3.8) is 0 Å². The van der Waals surface area contributed by atoms with Gasteiger partial charge in [0, 0.05) is 11.0 Å². The Balaban J connectivity index is 1.70. The molecule has 2 aromatic rings. The van der Waals surface area contributed by atoms with Crippen molar-refractivity contribution in [1.29, 1.82) is 0 Å². The number of halogens is 1. The number of aliphatic hydroxyl groups excluding tert-OH is 2. The Hall–Kier alpha value is -1.89. The van der Waals surface area contributed by atoms with Crippen LogP contribution in [0.2, 0.25) is 0 Å². The number of nitrogens with one attached hydrogen (secondary N) is 1. The van der Waals surface area contributed by atoms with E-state index < -0.39 is 18.3 Å². The summed E-state index contributed by atoms with van der Waals surface area (Å²) in [7, 11) is 0. The van der Waals surface area contributed by atoms with Gasteiger partial charge in [-0.25, -0.2) is 4.79 Å². The van der Waals surface area contributed by atoms with Crippen molar-refractivity contribution in [1.82, 2.24) is 5.32 Å². The molecule has 0 aliphatic rings. The SMILES string of the molecule is O=C(NCCC(O)C(O)c1cccc(Br)c1)OCc1ccccc1. The number of aliphatic hydroxyl groups is 2. The molecule has 0 aliphatic carbocycles. The molecule has 0 aromatic heterocycles. The normalized spacial score (nSPS) is 13.1. The van der Waals surface area contributed by atoms with Gasteiger partial charge in [-0.1, -0.05) is 58.4 Å². The van der Waals surface area contributed by atoms with E-state index >= 15 is 0 Å². The van der Waals surface area contributed by atoms with Crippen LogP contribution in [0.5, 0.6) is 0 Å². The Kier molecular flexibility index (Phi) is 7.24. The van der Waals surface area contributed by atoms with Crippen molar-refractivity contribution in [2.45, 2.75) is 25.2 Å². The van der Waals surface area contributed by atoms with Crippen molar-refractivity contribution >= 4 is 22.0 Å². The van der Waals surface area contributed by atoms with Crippen molar-refractivity contribution < 1.29 is 19.7 Å². The third-order valence-corrected chi connectivity index (χ3v) is 3.97. The van der Waals surface area contributed by atoms with E-state index in [2.05, 4.69) is 21.2 Å². The third kappa shape index (κ3) is 5.96. The van der Waals surface area contributed by atoms with Crippen LogP contribution in [0.15, 0.2) is 59.1 Å². The van der Waals surface area contributed by atoms with Gasteiger partial charge in [-0.2, -0.15) is 0 Å². The molecule has 1 amide bonds. The summed E-state index contributed by atoms with van der Waals surface area (Å²) in [5.41, 5.74) is 1.52. The highest BCUT2D eigenvalue weighted by atomic mass is 79.9. The second-order valence-corrected chi connectivity index (χ2v) is 6.26. The molecule has 0 aliphatic heterocycles. The molecule has 2 rings (SSSR count). The zero-order valence-corrected chi connectivity index (χ0v) is 14.6. The maximum atomic E-state index is 11.6. The second kappa shape index (κ2) is 9.42. The molecule has 0 bridgehead atoms. The zero-order chi connectivity index (χ0) is 17.4. The van der Waals surface area contributed by atoms with Gasteiger partial charge in [0.25, 0.3) is 0 Å². The number of hydrogen-bond acceptors (Lipinski definition) is 4. The molecule has 2 atom stereocenters. The van der Waals surface area contributed by atoms with E-state index in [4.69, 9.17) is 4.74 Å². The number of carbonyl (C=O) groups excluding carboxylic acids is 1. The van der Waals surface area contributed by atoms with Gasteiger partial charge < -0.3 is 20.3 Å². The molecule has 0 spiro atoms. The Morgan fingerprint density at radius 1 is 1.12 bits per heavy atom. The molecule has 0 heterocycles. The van der Waals surface area contributed by atoms with Gasteiger partial charge in [0.05, 0.1) is 6.10 Å². The lowest BCUT2D eigenvalue weighted by atomic mass is 10.0. The van der Waals surface area contributed by atoms with Gasteiger partial charge in [-0.15, -0.1) is 0 Å². The molecule has 6 heteroatoms. The topological polar surface area (TPSA) is 78.8 Å². The second-order valence-electron chi connectivity index (χ2n) is 5.34. The summed E-state index contributed by atoms with van der Waals surface area (Å²) in [6.07, 6.45) is -2.32. The first-order valence-electron chi connectivity index (χ1n) is 7.62. The van der Waals surface area contributed by atoms with E-state index in [9.17, 15) is 15.0 Å². The summed E-state index contributed by atoms with van der Waals surface area (Å²) in [5.74, 6) is 0. The van der Waals surface area contributed by atoms with Crippen molar-refractivity contribution in [3.8, 4) is 0 Å². The molecule has 2 unspecified atom stereocenters. The average Bonchev–Trinajstić information content (AvgIpc) is 2.60. The number of rotatable bonds is 7. The van der Waals surface area contributed by atoms with Crippen LogP contribution in [-0.4, -0.2) is 29.0 Å². The van der Waals surface area contributed by atoms with Gasteiger partial charge in [0.1, 0.15) is 12.7 Å².